The molecule has 1 heterocycles. The third-order valence-corrected chi connectivity index (χ3v) is 5.27. The van der Waals surface area contributed by atoms with Crippen molar-refractivity contribution in [2.24, 2.45) is 0 Å². The van der Waals surface area contributed by atoms with Crippen LogP contribution in [0, 0.1) is 0 Å². The SMILES string of the molecule is CC1CS(=O)(=O)CCN1CCCCCCS. The van der Waals surface area contributed by atoms with Crippen molar-refractivity contribution in [1.82, 2.24) is 4.90 Å². The number of nitrogens with zero attached hydrogens (tertiary/aromatic N) is 1. The molecule has 0 bridgehead atoms. The van der Waals surface area contributed by atoms with Crippen LogP contribution >= 0.6 is 12.6 Å². The molecule has 5 heteroatoms. The summed E-state index contributed by atoms with van der Waals surface area (Å²) in [6.45, 7) is 3.78. The predicted molar refractivity (Wildman–Crippen MR) is 72.0 cm³/mol. The highest BCUT2D eigenvalue weighted by atomic mass is 32.2. The van der Waals surface area contributed by atoms with Crippen LogP contribution in [0.4, 0.5) is 0 Å². The molecule has 1 unspecified atom stereocenters. The van der Waals surface area contributed by atoms with Gasteiger partial charge in [-0.25, -0.2) is 8.42 Å². The van der Waals surface area contributed by atoms with E-state index in [2.05, 4.69) is 17.5 Å². The topological polar surface area (TPSA) is 37.4 Å². The molecule has 0 radical (unpaired) electrons. The molecular weight excluding hydrogens is 242 g/mol. The molecule has 0 aromatic rings. The Morgan fingerprint density at radius 1 is 1.25 bits per heavy atom. The zero-order valence-electron chi connectivity index (χ0n) is 10.1. The minimum atomic E-state index is -2.76. The Balaban J connectivity index is 2.18. The summed E-state index contributed by atoms with van der Waals surface area (Å²) in [7, 11) is -2.76. The highest BCUT2D eigenvalue weighted by molar-refractivity contribution is 7.91. The lowest BCUT2D eigenvalue weighted by molar-refractivity contribution is 0.222. The van der Waals surface area contributed by atoms with Gasteiger partial charge < -0.3 is 0 Å². The average Bonchev–Trinajstić information content (AvgIpc) is 2.20. The normalized spacial score (nSPS) is 25.8. The van der Waals surface area contributed by atoms with Crippen molar-refractivity contribution in [3.63, 3.8) is 0 Å². The highest BCUT2D eigenvalue weighted by Gasteiger charge is 2.27. The van der Waals surface area contributed by atoms with E-state index in [1.807, 2.05) is 6.92 Å². The fourth-order valence-corrected chi connectivity index (χ4v) is 3.99. The number of thiol groups is 1. The molecular formula is C11H23NO2S2. The Hall–Kier alpha value is 0.260. The number of sulfone groups is 1. The van der Waals surface area contributed by atoms with Crippen molar-refractivity contribution < 1.29 is 8.42 Å². The first-order valence-electron chi connectivity index (χ1n) is 6.10. The van der Waals surface area contributed by atoms with E-state index in [0.717, 1.165) is 18.8 Å². The summed E-state index contributed by atoms with van der Waals surface area (Å²) in [6, 6.07) is 0.198. The number of hydrogen-bond acceptors (Lipinski definition) is 4. The van der Waals surface area contributed by atoms with Crippen molar-refractivity contribution in [1.29, 1.82) is 0 Å². The molecule has 0 spiro atoms. The molecule has 1 aliphatic rings. The molecule has 1 rings (SSSR count). The average molecular weight is 265 g/mol. The summed E-state index contributed by atoms with van der Waals surface area (Å²) in [5, 5.41) is 0. The molecule has 0 amide bonds. The molecule has 3 nitrogen and oxygen atoms in total. The van der Waals surface area contributed by atoms with Gasteiger partial charge in [-0.05, 0) is 32.1 Å². The van der Waals surface area contributed by atoms with Crippen molar-refractivity contribution in [3.05, 3.63) is 0 Å². The quantitative estimate of drug-likeness (QED) is 0.585. The van der Waals surface area contributed by atoms with Crippen LogP contribution in [0.1, 0.15) is 32.6 Å². The molecule has 16 heavy (non-hydrogen) atoms. The zero-order chi connectivity index (χ0) is 12.0. The molecule has 0 aromatic heterocycles. The lowest BCUT2D eigenvalue weighted by Crippen LogP contribution is -2.47. The second-order valence-corrected chi connectivity index (χ2v) is 7.31. The molecule has 1 saturated heterocycles. The summed E-state index contributed by atoms with van der Waals surface area (Å²) >= 11 is 4.18. The smallest absolute Gasteiger partial charge is 0.153 e. The molecule has 0 aliphatic carbocycles. The lowest BCUT2D eigenvalue weighted by Gasteiger charge is -2.33. The molecule has 1 aliphatic heterocycles. The maximum atomic E-state index is 11.4. The van der Waals surface area contributed by atoms with Crippen molar-refractivity contribution in [2.45, 2.75) is 38.6 Å². The Morgan fingerprint density at radius 3 is 2.56 bits per heavy atom. The minimum Gasteiger partial charge on any atom is -0.299 e. The minimum absolute atomic E-state index is 0.198. The van der Waals surface area contributed by atoms with E-state index >= 15 is 0 Å². The van der Waals surface area contributed by atoms with Crippen LogP contribution in [0.5, 0.6) is 0 Å². The second-order valence-electron chi connectivity index (χ2n) is 4.64. The maximum Gasteiger partial charge on any atom is 0.153 e. The summed E-state index contributed by atoms with van der Waals surface area (Å²) in [5.41, 5.74) is 0. The van der Waals surface area contributed by atoms with E-state index in [0.29, 0.717) is 11.5 Å². The van der Waals surface area contributed by atoms with Crippen molar-refractivity contribution in [3.8, 4) is 0 Å². The first-order valence-corrected chi connectivity index (χ1v) is 8.56. The van der Waals surface area contributed by atoms with Gasteiger partial charge in [-0.2, -0.15) is 12.6 Å². The van der Waals surface area contributed by atoms with E-state index in [1.54, 1.807) is 0 Å². The van der Waals surface area contributed by atoms with Crippen LogP contribution < -0.4 is 0 Å². The fraction of sp³-hybridized carbons (Fsp3) is 1.00. The van der Waals surface area contributed by atoms with Gasteiger partial charge >= 0.3 is 0 Å². The maximum absolute atomic E-state index is 11.4. The van der Waals surface area contributed by atoms with Crippen LogP contribution in [-0.2, 0) is 9.84 Å². The zero-order valence-corrected chi connectivity index (χ0v) is 11.8. The number of rotatable bonds is 6. The Morgan fingerprint density at radius 2 is 1.94 bits per heavy atom. The molecule has 96 valence electrons. The third kappa shape index (κ3) is 5.06. The Kier molecular flexibility index (Phi) is 6.15. The summed E-state index contributed by atoms with van der Waals surface area (Å²) < 4.78 is 22.8. The predicted octanol–water partition coefficient (Wildman–Crippen LogP) is 1.60. The van der Waals surface area contributed by atoms with Gasteiger partial charge in [-0.15, -0.1) is 0 Å². The van der Waals surface area contributed by atoms with Gasteiger partial charge in [0.2, 0.25) is 0 Å². The van der Waals surface area contributed by atoms with Gasteiger partial charge in [-0.1, -0.05) is 12.8 Å². The van der Waals surface area contributed by atoms with Gasteiger partial charge in [0.1, 0.15) is 0 Å². The Bertz CT molecular complexity index is 290. The van der Waals surface area contributed by atoms with E-state index in [4.69, 9.17) is 0 Å². The summed E-state index contributed by atoms with van der Waals surface area (Å²) in [4.78, 5) is 2.31. The van der Waals surface area contributed by atoms with Crippen LogP contribution in [0.2, 0.25) is 0 Å². The first kappa shape index (κ1) is 14.3. The molecule has 1 fully saturated rings. The standard InChI is InChI=1S/C11H23NO2S2/c1-11-10-16(13,14)9-7-12(11)6-4-2-3-5-8-15/h11,15H,2-10H2,1H3. The number of hydrogen-bond donors (Lipinski definition) is 1. The van der Waals surface area contributed by atoms with Gasteiger partial charge in [0.25, 0.3) is 0 Å². The van der Waals surface area contributed by atoms with Crippen LogP contribution in [0.25, 0.3) is 0 Å². The molecule has 0 saturated carbocycles. The fourth-order valence-electron chi connectivity index (χ4n) is 2.15. The lowest BCUT2D eigenvalue weighted by atomic mass is 10.2. The van der Waals surface area contributed by atoms with Crippen LogP contribution in [-0.4, -0.2) is 49.7 Å². The second kappa shape index (κ2) is 6.87. The van der Waals surface area contributed by atoms with Crippen LogP contribution in [0.3, 0.4) is 0 Å². The monoisotopic (exact) mass is 265 g/mol. The van der Waals surface area contributed by atoms with Gasteiger partial charge in [0, 0.05) is 12.6 Å². The van der Waals surface area contributed by atoms with Gasteiger partial charge in [-0.3, -0.25) is 4.90 Å². The molecule has 1 atom stereocenters. The number of unbranched alkanes of at least 4 members (excludes halogenated alkanes) is 3. The first-order chi connectivity index (χ1) is 7.55. The largest absolute Gasteiger partial charge is 0.299 e. The Labute approximate surface area is 105 Å². The van der Waals surface area contributed by atoms with Crippen molar-refractivity contribution >= 4 is 22.5 Å². The summed E-state index contributed by atoms with van der Waals surface area (Å²) in [6.07, 6.45) is 4.84. The van der Waals surface area contributed by atoms with E-state index in [1.165, 1.54) is 25.7 Å². The van der Waals surface area contributed by atoms with Gasteiger partial charge in [0.05, 0.1) is 11.5 Å². The van der Waals surface area contributed by atoms with Crippen LogP contribution in [0.15, 0.2) is 0 Å². The van der Waals surface area contributed by atoms with Gasteiger partial charge in [0.15, 0.2) is 9.84 Å². The summed E-state index contributed by atoms with van der Waals surface area (Å²) in [5.74, 6) is 1.65. The molecule has 0 aromatic carbocycles. The van der Waals surface area contributed by atoms with E-state index in [9.17, 15) is 8.42 Å². The third-order valence-electron chi connectivity index (χ3n) is 3.16. The highest BCUT2D eigenvalue weighted by Crippen LogP contribution is 2.13. The van der Waals surface area contributed by atoms with E-state index < -0.39 is 9.84 Å². The molecule has 0 N–H and O–H groups in total. The van der Waals surface area contributed by atoms with Crippen molar-refractivity contribution in [2.75, 3.05) is 30.3 Å². The van der Waals surface area contributed by atoms with E-state index in [-0.39, 0.29) is 6.04 Å².